The molecule has 10 heteroatoms. The van der Waals surface area contributed by atoms with Gasteiger partial charge >= 0.3 is 0 Å². The summed E-state index contributed by atoms with van der Waals surface area (Å²) in [7, 11) is 0. The summed E-state index contributed by atoms with van der Waals surface area (Å²) in [4.78, 5) is 39.1. The number of aryl methyl sites for hydroxylation is 1. The van der Waals surface area contributed by atoms with Crippen LogP contribution in [-0.4, -0.2) is 65.7 Å². The number of aromatic nitrogens is 2. The minimum Gasteiger partial charge on any atom is -0.382 e. The highest BCUT2D eigenvalue weighted by Crippen LogP contribution is 2.21. The van der Waals surface area contributed by atoms with Gasteiger partial charge in [0.25, 0.3) is 11.8 Å². The van der Waals surface area contributed by atoms with Crippen LogP contribution in [0.1, 0.15) is 51.4 Å². The standard InChI is InChI=1S/C22H29N5O4S/c1-3-31-14-4-11-23-18(28)16-9-12-27(13-10-16)22(30)21-26-25-20(32-21)19(29)24-17-7-5-15(2)6-8-17/h5-8,16H,3-4,9-14H2,1-2H3,(H,23,28)(H,24,29). The van der Waals surface area contributed by atoms with E-state index in [9.17, 15) is 14.4 Å². The number of nitrogens with one attached hydrogen (secondary N) is 2. The van der Waals surface area contributed by atoms with E-state index >= 15 is 0 Å². The number of benzene rings is 1. The number of hydrogen-bond donors (Lipinski definition) is 2. The van der Waals surface area contributed by atoms with Gasteiger partial charge in [0.2, 0.25) is 15.9 Å². The molecular weight excluding hydrogens is 430 g/mol. The normalized spacial score (nSPS) is 14.2. The molecule has 0 atom stereocenters. The Morgan fingerprint density at radius 2 is 1.81 bits per heavy atom. The van der Waals surface area contributed by atoms with Gasteiger partial charge in [0.1, 0.15) is 0 Å². The molecule has 0 radical (unpaired) electrons. The van der Waals surface area contributed by atoms with E-state index in [2.05, 4.69) is 20.8 Å². The molecule has 32 heavy (non-hydrogen) atoms. The zero-order valence-corrected chi connectivity index (χ0v) is 19.2. The highest BCUT2D eigenvalue weighted by molar-refractivity contribution is 7.15. The van der Waals surface area contributed by atoms with Crippen LogP contribution in [0.5, 0.6) is 0 Å². The maximum Gasteiger partial charge on any atom is 0.286 e. The Morgan fingerprint density at radius 3 is 2.50 bits per heavy atom. The lowest BCUT2D eigenvalue weighted by atomic mass is 9.96. The smallest absolute Gasteiger partial charge is 0.286 e. The van der Waals surface area contributed by atoms with Crippen LogP contribution < -0.4 is 10.6 Å². The average Bonchev–Trinajstić information content (AvgIpc) is 3.30. The first-order valence-electron chi connectivity index (χ1n) is 10.8. The predicted octanol–water partition coefficient (Wildman–Crippen LogP) is 2.49. The Bertz CT molecular complexity index is 923. The zero-order valence-electron chi connectivity index (χ0n) is 18.4. The molecule has 1 aliphatic rings. The molecule has 1 saturated heterocycles. The topological polar surface area (TPSA) is 114 Å². The van der Waals surface area contributed by atoms with Crippen molar-refractivity contribution < 1.29 is 19.1 Å². The number of rotatable bonds is 9. The van der Waals surface area contributed by atoms with Gasteiger partial charge in [-0.3, -0.25) is 14.4 Å². The van der Waals surface area contributed by atoms with Crippen molar-refractivity contribution in [1.82, 2.24) is 20.4 Å². The number of carbonyl (C=O) groups excluding carboxylic acids is 3. The molecule has 2 heterocycles. The Morgan fingerprint density at radius 1 is 1.12 bits per heavy atom. The Kier molecular flexibility index (Phi) is 8.69. The summed E-state index contributed by atoms with van der Waals surface area (Å²) < 4.78 is 5.26. The van der Waals surface area contributed by atoms with Crippen molar-refractivity contribution in [2.24, 2.45) is 5.92 Å². The Hall–Kier alpha value is -2.85. The number of hydrogen-bond acceptors (Lipinski definition) is 7. The van der Waals surface area contributed by atoms with E-state index < -0.39 is 5.91 Å². The lowest BCUT2D eigenvalue weighted by molar-refractivity contribution is -0.126. The summed E-state index contributed by atoms with van der Waals surface area (Å²) in [6.07, 6.45) is 1.99. The second-order valence-electron chi connectivity index (χ2n) is 7.64. The summed E-state index contributed by atoms with van der Waals surface area (Å²) in [6, 6.07) is 7.41. The van der Waals surface area contributed by atoms with Crippen LogP contribution in [-0.2, 0) is 9.53 Å². The van der Waals surface area contributed by atoms with Crippen LogP contribution in [0.15, 0.2) is 24.3 Å². The largest absolute Gasteiger partial charge is 0.382 e. The van der Waals surface area contributed by atoms with E-state index in [1.165, 1.54) is 0 Å². The van der Waals surface area contributed by atoms with Gasteiger partial charge in [0, 0.05) is 44.5 Å². The quantitative estimate of drug-likeness (QED) is 0.557. The average molecular weight is 460 g/mol. The van der Waals surface area contributed by atoms with Gasteiger partial charge in [-0.05, 0) is 45.2 Å². The molecular formula is C22H29N5O4S. The van der Waals surface area contributed by atoms with Crippen molar-refractivity contribution in [1.29, 1.82) is 0 Å². The van der Waals surface area contributed by atoms with E-state index in [-0.39, 0.29) is 27.7 Å². The monoisotopic (exact) mass is 459 g/mol. The summed E-state index contributed by atoms with van der Waals surface area (Å²) in [5.41, 5.74) is 1.75. The van der Waals surface area contributed by atoms with Gasteiger partial charge in [-0.2, -0.15) is 0 Å². The fourth-order valence-corrected chi connectivity index (χ4v) is 4.08. The second-order valence-corrected chi connectivity index (χ2v) is 8.62. The maximum absolute atomic E-state index is 12.8. The number of carbonyl (C=O) groups is 3. The molecule has 3 rings (SSSR count). The zero-order chi connectivity index (χ0) is 22.9. The fraction of sp³-hybridized carbons (Fsp3) is 0.500. The predicted molar refractivity (Wildman–Crippen MR) is 122 cm³/mol. The molecule has 1 aromatic heterocycles. The number of likely N-dealkylation sites (tertiary alicyclic amines) is 1. The summed E-state index contributed by atoms with van der Waals surface area (Å²) in [6.45, 7) is 6.76. The fourth-order valence-electron chi connectivity index (χ4n) is 3.38. The van der Waals surface area contributed by atoms with Crippen molar-refractivity contribution in [3.8, 4) is 0 Å². The van der Waals surface area contributed by atoms with Crippen LogP contribution in [0.25, 0.3) is 0 Å². The van der Waals surface area contributed by atoms with Crippen molar-refractivity contribution in [3.05, 3.63) is 39.8 Å². The molecule has 0 unspecified atom stereocenters. The molecule has 0 saturated carbocycles. The molecule has 1 fully saturated rings. The first-order valence-corrected chi connectivity index (χ1v) is 11.7. The van der Waals surface area contributed by atoms with Gasteiger partial charge in [0.05, 0.1) is 0 Å². The van der Waals surface area contributed by atoms with Crippen molar-refractivity contribution in [2.45, 2.75) is 33.1 Å². The molecule has 2 aromatic rings. The first kappa shape index (κ1) is 23.8. The van der Waals surface area contributed by atoms with E-state index in [0.29, 0.717) is 51.4 Å². The van der Waals surface area contributed by atoms with Gasteiger partial charge in [-0.1, -0.05) is 29.0 Å². The third-order valence-electron chi connectivity index (χ3n) is 5.23. The number of nitrogens with zero attached hydrogens (tertiary/aromatic N) is 3. The number of ether oxygens (including phenoxy) is 1. The van der Waals surface area contributed by atoms with Gasteiger partial charge in [0.15, 0.2) is 0 Å². The second kappa shape index (κ2) is 11.7. The van der Waals surface area contributed by atoms with Crippen molar-refractivity contribution in [3.63, 3.8) is 0 Å². The molecule has 0 aliphatic carbocycles. The van der Waals surface area contributed by atoms with Crippen molar-refractivity contribution >= 4 is 34.7 Å². The number of piperidine rings is 1. The SMILES string of the molecule is CCOCCCNC(=O)C1CCN(C(=O)c2nnc(C(=O)Nc3ccc(C)cc3)s2)CC1. The molecule has 3 amide bonds. The molecule has 1 aromatic carbocycles. The first-order chi connectivity index (χ1) is 15.5. The van der Waals surface area contributed by atoms with Crippen LogP contribution in [0, 0.1) is 12.8 Å². The van der Waals surface area contributed by atoms with E-state index in [0.717, 1.165) is 23.3 Å². The highest BCUT2D eigenvalue weighted by Gasteiger charge is 2.29. The van der Waals surface area contributed by atoms with Gasteiger partial charge in [-0.25, -0.2) is 0 Å². The lowest BCUT2D eigenvalue weighted by Gasteiger charge is -2.30. The van der Waals surface area contributed by atoms with Crippen LogP contribution >= 0.6 is 11.3 Å². The highest BCUT2D eigenvalue weighted by atomic mass is 32.1. The third-order valence-corrected chi connectivity index (χ3v) is 6.14. The Labute approximate surface area is 191 Å². The number of anilines is 1. The van der Waals surface area contributed by atoms with Gasteiger partial charge in [-0.15, -0.1) is 10.2 Å². The maximum atomic E-state index is 12.8. The van der Waals surface area contributed by atoms with Crippen LogP contribution in [0.3, 0.4) is 0 Å². The van der Waals surface area contributed by atoms with Crippen LogP contribution in [0.2, 0.25) is 0 Å². The minimum absolute atomic E-state index is 0.0274. The van der Waals surface area contributed by atoms with E-state index in [4.69, 9.17) is 4.74 Å². The Balaban J connectivity index is 1.46. The van der Waals surface area contributed by atoms with E-state index in [1.807, 2.05) is 26.0 Å². The third kappa shape index (κ3) is 6.57. The van der Waals surface area contributed by atoms with Crippen LogP contribution in [0.4, 0.5) is 5.69 Å². The molecule has 0 spiro atoms. The molecule has 2 N–H and O–H groups in total. The number of amides is 3. The van der Waals surface area contributed by atoms with Gasteiger partial charge < -0.3 is 20.3 Å². The molecule has 1 aliphatic heterocycles. The van der Waals surface area contributed by atoms with Crippen molar-refractivity contribution in [2.75, 3.05) is 38.2 Å². The lowest BCUT2D eigenvalue weighted by Crippen LogP contribution is -2.43. The minimum atomic E-state index is -0.398. The molecule has 9 nitrogen and oxygen atoms in total. The molecule has 0 bridgehead atoms. The summed E-state index contributed by atoms with van der Waals surface area (Å²) in [5.74, 6) is -0.728. The summed E-state index contributed by atoms with van der Waals surface area (Å²) >= 11 is 0.973. The molecule has 172 valence electrons. The summed E-state index contributed by atoms with van der Waals surface area (Å²) in [5, 5.41) is 13.8. The van der Waals surface area contributed by atoms with E-state index in [1.54, 1.807) is 17.0 Å².